The van der Waals surface area contributed by atoms with Crippen molar-refractivity contribution in [2.24, 2.45) is 17.8 Å². The molecule has 1 atom stereocenters. The van der Waals surface area contributed by atoms with Gasteiger partial charge in [-0.15, -0.1) is 0 Å². The molecule has 0 aliphatic heterocycles. The molecule has 0 heterocycles. The van der Waals surface area contributed by atoms with E-state index in [1.54, 1.807) is 11.8 Å². The monoisotopic (exact) mass is 314 g/mol. The van der Waals surface area contributed by atoms with Gasteiger partial charge in [0.05, 0.1) is 0 Å². The largest absolute Gasteiger partial charge is 0.287 e. The second kappa shape index (κ2) is 13.7. The molecule has 0 saturated heterocycles. The fourth-order valence-corrected chi connectivity index (χ4v) is 3.72. The smallest absolute Gasteiger partial charge is 0.188 e. The second-order valence-electron chi connectivity index (χ2n) is 7.18. The van der Waals surface area contributed by atoms with E-state index in [4.69, 9.17) is 0 Å². The fraction of sp³-hybridized carbons (Fsp3) is 0.947. The van der Waals surface area contributed by atoms with Crippen LogP contribution in [0.25, 0.3) is 0 Å². The lowest BCUT2D eigenvalue weighted by Crippen LogP contribution is -2.14. The molecule has 1 nitrogen and oxygen atoms in total. The summed E-state index contributed by atoms with van der Waals surface area (Å²) >= 11 is 1.59. The highest BCUT2D eigenvalue weighted by molar-refractivity contribution is 8.13. The zero-order valence-corrected chi connectivity index (χ0v) is 15.9. The normalized spacial score (nSPS) is 13.1. The van der Waals surface area contributed by atoms with Gasteiger partial charge in [-0.05, 0) is 30.6 Å². The summed E-state index contributed by atoms with van der Waals surface area (Å²) in [5, 5.41) is 0.417. The van der Waals surface area contributed by atoms with Gasteiger partial charge in [-0.2, -0.15) is 0 Å². The van der Waals surface area contributed by atoms with Gasteiger partial charge in [-0.1, -0.05) is 84.9 Å². The number of carbonyl (C=O) groups excluding carboxylic acids is 1. The van der Waals surface area contributed by atoms with Gasteiger partial charge in [-0.25, -0.2) is 0 Å². The number of hydrogen-bond acceptors (Lipinski definition) is 2. The summed E-state index contributed by atoms with van der Waals surface area (Å²) in [5.74, 6) is 3.19. The molecule has 1 unspecified atom stereocenters. The Hall–Kier alpha value is 0.0200. The van der Waals surface area contributed by atoms with Crippen molar-refractivity contribution in [1.82, 2.24) is 0 Å². The molecule has 0 radical (unpaired) electrons. The Morgan fingerprint density at radius 1 is 0.905 bits per heavy atom. The van der Waals surface area contributed by atoms with Crippen molar-refractivity contribution < 1.29 is 4.79 Å². The third-order valence-corrected chi connectivity index (χ3v) is 5.37. The molecule has 0 amide bonds. The summed E-state index contributed by atoms with van der Waals surface area (Å²) in [4.78, 5) is 12.0. The predicted octanol–water partition coefficient (Wildman–Crippen LogP) is 6.71. The Morgan fingerprint density at radius 2 is 1.52 bits per heavy atom. The number of rotatable bonds is 13. The lowest BCUT2D eigenvalue weighted by atomic mass is 9.90. The summed E-state index contributed by atoms with van der Waals surface area (Å²) in [6, 6.07) is 0. The maximum atomic E-state index is 12.0. The van der Waals surface area contributed by atoms with Crippen LogP contribution in [0.4, 0.5) is 0 Å². The topological polar surface area (TPSA) is 17.1 Å². The zero-order valence-electron chi connectivity index (χ0n) is 15.1. The van der Waals surface area contributed by atoms with Crippen LogP contribution in [-0.4, -0.2) is 10.9 Å². The molecule has 0 bridgehead atoms. The van der Waals surface area contributed by atoms with E-state index in [2.05, 4.69) is 34.6 Å². The second-order valence-corrected chi connectivity index (χ2v) is 8.25. The molecule has 0 N–H and O–H groups in total. The van der Waals surface area contributed by atoms with E-state index in [1.165, 1.54) is 44.9 Å². The van der Waals surface area contributed by atoms with Gasteiger partial charge in [0.2, 0.25) is 0 Å². The van der Waals surface area contributed by atoms with Gasteiger partial charge in [0, 0.05) is 12.2 Å². The first-order valence-electron chi connectivity index (χ1n) is 9.13. The van der Waals surface area contributed by atoms with Crippen LogP contribution in [0.5, 0.6) is 0 Å². The van der Waals surface area contributed by atoms with E-state index in [1.807, 2.05) is 0 Å². The molecule has 2 heteroatoms. The van der Waals surface area contributed by atoms with Crippen molar-refractivity contribution in [2.75, 3.05) is 5.75 Å². The van der Waals surface area contributed by atoms with Gasteiger partial charge in [0.25, 0.3) is 0 Å². The van der Waals surface area contributed by atoms with E-state index in [0.717, 1.165) is 24.5 Å². The quantitative estimate of drug-likeness (QED) is 0.352. The van der Waals surface area contributed by atoms with Crippen LogP contribution >= 0.6 is 11.8 Å². The molecule has 0 aromatic rings. The van der Waals surface area contributed by atoms with Gasteiger partial charge in [0.1, 0.15) is 0 Å². The van der Waals surface area contributed by atoms with E-state index in [-0.39, 0.29) is 0 Å². The molecule has 0 aromatic carbocycles. The number of carbonyl (C=O) groups is 1. The van der Waals surface area contributed by atoms with Crippen LogP contribution in [0.3, 0.4) is 0 Å². The van der Waals surface area contributed by atoms with E-state index in [0.29, 0.717) is 17.0 Å². The molecule has 0 spiro atoms. The van der Waals surface area contributed by atoms with Crippen LogP contribution in [-0.2, 0) is 4.79 Å². The summed E-state index contributed by atoms with van der Waals surface area (Å²) < 4.78 is 0. The van der Waals surface area contributed by atoms with Crippen molar-refractivity contribution in [3.8, 4) is 0 Å². The molecular weight excluding hydrogens is 276 g/mol. The predicted molar refractivity (Wildman–Crippen MR) is 97.9 cm³/mol. The highest BCUT2D eigenvalue weighted by Crippen LogP contribution is 2.25. The van der Waals surface area contributed by atoms with Crippen molar-refractivity contribution in [3.05, 3.63) is 0 Å². The zero-order chi connectivity index (χ0) is 16.1. The Bertz CT molecular complexity index is 248. The maximum absolute atomic E-state index is 12.0. The fourth-order valence-electron chi connectivity index (χ4n) is 2.48. The van der Waals surface area contributed by atoms with Gasteiger partial charge < -0.3 is 0 Å². The lowest BCUT2D eigenvalue weighted by molar-refractivity contribution is -0.111. The van der Waals surface area contributed by atoms with E-state index >= 15 is 0 Å². The first-order valence-corrected chi connectivity index (χ1v) is 10.1. The third-order valence-electron chi connectivity index (χ3n) is 4.25. The summed E-state index contributed by atoms with van der Waals surface area (Å²) in [5.41, 5.74) is 0. The van der Waals surface area contributed by atoms with Gasteiger partial charge in [0.15, 0.2) is 5.12 Å². The number of thioether (sulfide) groups is 1. The average molecular weight is 315 g/mol. The van der Waals surface area contributed by atoms with Crippen molar-refractivity contribution in [3.63, 3.8) is 0 Å². The van der Waals surface area contributed by atoms with Crippen LogP contribution in [0.15, 0.2) is 0 Å². The Labute approximate surface area is 138 Å². The average Bonchev–Trinajstić information content (AvgIpc) is 2.41. The molecule has 0 rings (SSSR count). The maximum Gasteiger partial charge on any atom is 0.188 e. The molecule has 21 heavy (non-hydrogen) atoms. The van der Waals surface area contributed by atoms with E-state index in [9.17, 15) is 4.79 Å². The van der Waals surface area contributed by atoms with Crippen molar-refractivity contribution in [1.29, 1.82) is 0 Å². The Balaban J connectivity index is 3.72. The standard InChI is InChI=1S/C19H38OS/c1-6-7-8-9-10-11-12-19(20)21-15-18(17(4)5)14-13-16(2)3/h16-18H,6-15H2,1-5H3. The minimum Gasteiger partial charge on any atom is -0.287 e. The summed E-state index contributed by atoms with van der Waals surface area (Å²) in [6.07, 6.45) is 10.9. The third kappa shape index (κ3) is 13.4. The minimum absolute atomic E-state index is 0.417. The molecule has 0 fully saturated rings. The van der Waals surface area contributed by atoms with Gasteiger partial charge in [-0.3, -0.25) is 4.79 Å². The molecule has 0 aliphatic rings. The van der Waals surface area contributed by atoms with E-state index < -0.39 is 0 Å². The molecule has 0 saturated carbocycles. The van der Waals surface area contributed by atoms with Crippen LogP contribution in [0.1, 0.15) is 92.4 Å². The van der Waals surface area contributed by atoms with Crippen LogP contribution < -0.4 is 0 Å². The highest BCUT2D eigenvalue weighted by Gasteiger charge is 2.16. The van der Waals surface area contributed by atoms with Crippen LogP contribution in [0, 0.1) is 17.8 Å². The highest BCUT2D eigenvalue weighted by atomic mass is 32.2. The summed E-state index contributed by atoms with van der Waals surface area (Å²) in [6.45, 7) is 11.4. The molecule has 0 aliphatic carbocycles. The first kappa shape index (κ1) is 21.0. The molecule has 126 valence electrons. The lowest BCUT2D eigenvalue weighted by Gasteiger charge is -2.21. The molecule has 0 aromatic heterocycles. The Morgan fingerprint density at radius 3 is 2.10 bits per heavy atom. The molecular formula is C19H38OS. The SMILES string of the molecule is CCCCCCCCC(=O)SCC(CCC(C)C)C(C)C. The number of hydrogen-bond donors (Lipinski definition) is 0. The first-order chi connectivity index (χ1) is 9.97. The minimum atomic E-state index is 0.417. The van der Waals surface area contributed by atoms with Crippen molar-refractivity contribution >= 4 is 16.9 Å². The Kier molecular flexibility index (Phi) is 13.7. The number of unbranched alkanes of at least 4 members (excludes halogenated alkanes) is 5. The summed E-state index contributed by atoms with van der Waals surface area (Å²) in [7, 11) is 0. The van der Waals surface area contributed by atoms with Gasteiger partial charge >= 0.3 is 0 Å². The van der Waals surface area contributed by atoms with Crippen LogP contribution in [0.2, 0.25) is 0 Å². The van der Waals surface area contributed by atoms with Crippen molar-refractivity contribution in [2.45, 2.75) is 92.4 Å².